The number of hydrogen-bond acceptors (Lipinski definition) is 3. The lowest BCUT2D eigenvalue weighted by molar-refractivity contribution is 0.102. The number of halogens is 1. The minimum atomic E-state index is -0.266. The number of carbonyl (C=O) groups excluding carboxylic acids is 1. The molecule has 0 aliphatic heterocycles. The molecule has 3 N–H and O–H groups in total. The first-order valence-corrected chi connectivity index (χ1v) is 6.25. The highest BCUT2D eigenvalue weighted by molar-refractivity contribution is 6.31. The Morgan fingerprint density at radius 1 is 1.42 bits per heavy atom. The minimum absolute atomic E-state index is 0.243. The topological polar surface area (TPSA) is 72.9 Å². The predicted octanol–water partition coefficient (Wildman–Crippen LogP) is 2.95. The smallest absolute Gasteiger partial charge is 0.255 e. The van der Waals surface area contributed by atoms with Gasteiger partial charge in [-0.15, -0.1) is 0 Å². The monoisotopic (exact) mass is 278 g/mol. The average Bonchev–Trinajstić information content (AvgIpc) is 2.76. The van der Waals surface area contributed by atoms with Crippen molar-refractivity contribution < 1.29 is 4.79 Å². The number of amides is 1. The van der Waals surface area contributed by atoms with Gasteiger partial charge in [0.15, 0.2) is 0 Å². The van der Waals surface area contributed by atoms with Crippen molar-refractivity contribution in [1.82, 2.24) is 9.78 Å². The largest absolute Gasteiger partial charge is 0.399 e. The third-order valence-corrected chi connectivity index (χ3v) is 2.79. The molecule has 0 unspecified atom stereocenters. The van der Waals surface area contributed by atoms with Crippen molar-refractivity contribution in [2.45, 2.75) is 19.9 Å². The second kappa shape index (κ2) is 5.32. The highest BCUT2D eigenvalue weighted by atomic mass is 35.5. The van der Waals surface area contributed by atoms with Crippen molar-refractivity contribution in [3.63, 3.8) is 0 Å². The van der Waals surface area contributed by atoms with Crippen LogP contribution in [0.25, 0.3) is 0 Å². The van der Waals surface area contributed by atoms with Gasteiger partial charge in [-0.05, 0) is 32.0 Å². The number of hydrogen-bond donors (Lipinski definition) is 2. The number of benzene rings is 1. The Bertz CT molecular complexity index is 586. The van der Waals surface area contributed by atoms with Gasteiger partial charge in [-0.2, -0.15) is 5.10 Å². The van der Waals surface area contributed by atoms with Gasteiger partial charge in [-0.25, -0.2) is 0 Å². The van der Waals surface area contributed by atoms with Crippen molar-refractivity contribution in [1.29, 1.82) is 0 Å². The summed E-state index contributed by atoms with van der Waals surface area (Å²) in [7, 11) is 0. The van der Waals surface area contributed by atoms with Crippen LogP contribution >= 0.6 is 11.6 Å². The van der Waals surface area contributed by atoms with E-state index in [1.165, 1.54) is 0 Å². The third-order valence-electron chi connectivity index (χ3n) is 2.57. The van der Waals surface area contributed by atoms with Crippen LogP contribution in [0.4, 0.5) is 11.4 Å². The number of nitrogens with two attached hydrogens (primary N) is 1. The number of nitrogens with one attached hydrogen (secondary N) is 1. The first-order valence-electron chi connectivity index (χ1n) is 5.87. The van der Waals surface area contributed by atoms with Crippen LogP contribution in [-0.4, -0.2) is 15.7 Å². The normalized spacial score (nSPS) is 10.7. The molecule has 100 valence electrons. The first-order chi connectivity index (χ1) is 8.95. The van der Waals surface area contributed by atoms with E-state index >= 15 is 0 Å². The van der Waals surface area contributed by atoms with Crippen LogP contribution in [0.2, 0.25) is 5.02 Å². The standard InChI is InChI=1S/C13H15ClN4O/c1-8(2)18-7-12(6-16-18)17-13(19)9-3-10(14)5-11(15)4-9/h3-8H,15H2,1-2H3,(H,17,19). The lowest BCUT2D eigenvalue weighted by atomic mass is 10.2. The van der Waals surface area contributed by atoms with Gasteiger partial charge in [0.25, 0.3) is 5.91 Å². The molecule has 6 heteroatoms. The van der Waals surface area contributed by atoms with Gasteiger partial charge in [0.2, 0.25) is 0 Å². The summed E-state index contributed by atoms with van der Waals surface area (Å²) >= 11 is 5.87. The minimum Gasteiger partial charge on any atom is -0.399 e. The molecule has 1 aromatic carbocycles. The van der Waals surface area contributed by atoms with Crippen molar-refractivity contribution in [3.8, 4) is 0 Å². The SMILES string of the molecule is CC(C)n1cc(NC(=O)c2cc(N)cc(Cl)c2)cn1. The van der Waals surface area contributed by atoms with Gasteiger partial charge < -0.3 is 11.1 Å². The van der Waals surface area contributed by atoms with E-state index in [1.54, 1.807) is 35.3 Å². The van der Waals surface area contributed by atoms with Crippen LogP contribution in [0.3, 0.4) is 0 Å². The number of aromatic nitrogens is 2. The van der Waals surface area contributed by atoms with Crippen molar-refractivity contribution in [2.24, 2.45) is 0 Å². The number of rotatable bonds is 3. The van der Waals surface area contributed by atoms with E-state index in [-0.39, 0.29) is 11.9 Å². The maximum absolute atomic E-state index is 12.0. The van der Waals surface area contributed by atoms with E-state index in [0.29, 0.717) is 22.0 Å². The molecule has 1 heterocycles. The number of nitrogens with zero attached hydrogens (tertiary/aromatic N) is 2. The highest BCUT2D eigenvalue weighted by Crippen LogP contribution is 2.18. The molecule has 5 nitrogen and oxygen atoms in total. The van der Waals surface area contributed by atoms with Crippen LogP contribution in [-0.2, 0) is 0 Å². The van der Waals surface area contributed by atoms with E-state index in [0.717, 1.165) is 0 Å². The Balaban J connectivity index is 2.15. The lowest BCUT2D eigenvalue weighted by Gasteiger charge is -2.05. The molecular weight excluding hydrogens is 264 g/mol. The molecule has 0 spiro atoms. The van der Waals surface area contributed by atoms with Crippen LogP contribution in [0.15, 0.2) is 30.6 Å². The average molecular weight is 279 g/mol. The van der Waals surface area contributed by atoms with Gasteiger partial charge >= 0.3 is 0 Å². The fraction of sp³-hybridized carbons (Fsp3) is 0.231. The molecule has 2 aromatic rings. The zero-order chi connectivity index (χ0) is 14.0. The molecule has 1 amide bonds. The molecule has 0 fully saturated rings. The first kappa shape index (κ1) is 13.4. The van der Waals surface area contributed by atoms with E-state index in [4.69, 9.17) is 17.3 Å². The molecule has 19 heavy (non-hydrogen) atoms. The fourth-order valence-corrected chi connectivity index (χ4v) is 1.88. The summed E-state index contributed by atoms with van der Waals surface area (Å²) in [6, 6.07) is 4.98. The number of carbonyl (C=O) groups is 1. The molecule has 0 aliphatic carbocycles. The maximum atomic E-state index is 12.0. The molecule has 0 bridgehead atoms. The van der Waals surface area contributed by atoms with E-state index < -0.39 is 0 Å². The molecule has 0 saturated carbocycles. The van der Waals surface area contributed by atoms with Gasteiger partial charge in [0, 0.05) is 28.5 Å². The zero-order valence-corrected chi connectivity index (χ0v) is 11.5. The lowest BCUT2D eigenvalue weighted by Crippen LogP contribution is -2.12. The second-order valence-electron chi connectivity index (χ2n) is 4.53. The summed E-state index contributed by atoms with van der Waals surface area (Å²) in [5.41, 5.74) is 7.16. The van der Waals surface area contributed by atoms with E-state index in [1.807, 2.05) is 13.8 Å². The Kier molecular flexibility index (Phi) is 3.76. The fourth-order valence-electron chi connectivity index (χ4n) is 1.63. The zero-order valence-electron chi connectivity index (χ0n) is 10.7. The summed E-state index contributed by atoms with van der Waals surface area (Å²) in [6.45, 7) is 4.02. The quantitative estimate of drug-likeness (QED) is 0.848. The molecular formula is C13H15ClN4O. The molecule has 0 atom stereocenters. The van der Waals surface area contributed by atoms with E-state index in [9.17, 15) is 4.79 Å². The third kappa shape index (κ3) is 3.26. The van der Waals surface area contributed by atoms with Gasteiger partial charge in [0.05, 0.1) is 11.9 Å². The molecule has 0 radical (unpaired) electrons. The van der Waals surface area contributed by atoms with Crippen molar-refractivity contribution in [2.75, 3.05) is 11.1 Å². The van der Waals surface area contributed by atoms with Gasteiger partial charge in [0.1, 0.15) is 0 Å². The summed E-state index contributed by atoms with van der Waals surface area (Å²) in [4.78, 5) is 12.0. The Morgan fingerprint density at radius 3 is 2.74 bits per heavy atom. The van der Waals surface area contributed by atoms with Crippen LogP contribution < -0.4 is 11.1 Å². The van der Waals surface area contributed by atoms with Gasteiger partial charge in [-0.1, -0.05) is 11.6 Å². The Labute approximate surface area is 116 Å². The van der Waals surface area contributed by atoms with Gasteiger partial charge in [-0.3, -0.25) is 9.48 Å². The summed E-state index contributed by atoms with van der Waals surface area (Å²) in [5.74, 6) is -0.266. The van der Waals surface area contributed by atoms with Crippen molar-refractivity contribution >= 4 is 28.9 Å². The Hall–Kier alpha value is -2.01. The summed E-state index contributed by atoms with van der Waals surface area (Å²) in [6.07, 6.45) is 3.38. The molecule has 1 aromatic heterocycles. The Morgan fingerprint density at radius 2 is 2.16 bits per heavy atom. The van der Waals surface area contributed by atoms with Crippen LogP contribution in [0.1, 0.15) is 30.2 Å². The summed E-state index contributed by atoms with van der Waals surface area (Å²) in [5, 5.41) is 7.33. The number of nitrogen functional groups attached to an aromatic ring is 1. The molecule has 2 rings (SSSR count). The maximum Gasteiger partial charge on any atom is 0.255 e. The summed E-state index contributed by atoms with van der Waals surface area (Å²) < 4.78 is 1.77. The predicted molar refractivity (Wildman–Crippen MR) is 76.4 cm³/mol. The van der Waals surface area contributed by atoms with Crippen molar-refractivity contribution in [3.05, 3.63) is 41.2 Å². The van der Waals surface area contributed by atoms with Crippen LogP contribution in [0.5, 0.6) is 0 Å². The molecule has 0 saturated heterocycles. The van der Waals surface area contributed by atoms with E-state index in [2.05, 4.69) is 10.4 Å². The second-order valence-corrected chi connectivity index (χ2v) is 4.97. The van der Waals surface area contributed by atoms with Crippen LogP contribution in [0, 0.1) is 0 Å². The highest BCUT2D eigenvalue weighted by Gasteiger charge is 2.10. The number of anilines is 2. The molecule has 0 aliphatic rings.